The number of carbonyl (C=O) groups excluding carboxylic acids is 4. The number of hydrogen-bond acceptors (Lipinski definition) is 5. The molecule has 2 aliphatic rings. The zero-order valence-electron chi connectivity index (χ0n) is 13.7. The Kier molecular flexibility index (Phi) is 4.95. The number of aromatic nitrogens is 1. The lowest BCUT2D eigenvalue weighted by atomic mass is 10.0. The van der Waals surface area contributed by atoms with E-state index in [1.165, 1.54) is 18.2 Å². The second kappa shape index (κ2) is 7.49. The molecule has 0 saturated carbocycles. The van der Waals surface area contributed by atoms with E-state index in [9.17, 15) is 19.2 Å². The van der Waals surface area contributed by atoms with E-state index in [1.807, 2.05) is 0 Å². The van der Waals surface area contributed by atoms with Gasteiger partial charge in [0.05, 0.1) is 24.0 Å². The van der Waals surface area contributed by atoms with Crippen LogP contribution in [0.3, 0.4) is 0 Å². The highest BCUT2D eigenvalue weighted by atomic mass is 16.2. The predicted molar refractivity (Wildman–Crippen MR) is 93.6 cm³/mol. The van der Waals surface area contributed by atoms with Crippen LogP contribution < -0.4 is 0 Å². The minimum atomic E-state index is -0.491. The summed E-state index contributed by atoms with van der Waals surface area (Å²) >= 11 is 0. The molecule has 0 aromatic carbocycles. The summed E-state index contributed by atoms with van der Waals surface area (Å²) in [6, 6.07) is 4.38. The van der Waals surface area contributed by atoms with Crippen molar-refractivity contribution in [1.29, 1.82) is 0 Å². The molecule has 0 N–H and O–H groups in total. The van der Waals surface area contributed by atoms with Crippen molar-refractivity contribution >= 4 is 23.1 Å². The lowest BCUT2D eigenvalue weighted by Gasteiger charge is -2.03. The van der Waals surface area contributed by atoms with Crippen molar-refractivity contribution in [3.8, 4) is 0 Å². The van der Waals surface area contributed by atoms with Gasteiger partial charge in [0, 0.05) is 0 Å². The number of carbonyl (C=O) groups is 4. The van der Waals surface area contributed by atoms with Crippen LogP contribution in [0.2, 0.25) is 0 Å². The first-order valence-corrected chi connectivity index (χ1v) is 7.91. The molecule has 26 heavy (non-hydrogen) atoms. The molecule has 1 aromatic heterocycles. The molecule has 0 radical (unpaired) electrons. The fourth-order valence-corrected chi connectivity index (χ4v) is 2.42. The molecule has 0 spiro atoms. The molecule has 126 valence electrons. The zero-order valence-corrected chi connectivity index (χ0v) is 13.7. The summed E-state index contributed by atoms with van der Waals surface area (Å²) in [5.41, 5.74) is 6.19. The van der Waals surface area contributed by atoms with Gasteiger partial charge in [-0.2, -0.15) is 0 Å². The summed E-state index contributed by atoms with van der Waals surface area (Å²) < 4.78 is 0. The summed E-state index contributed by atoms with van der Waals surface area (Å²) in [5, 5.41) is 0. The van der Waals surface area contributed by atoms with Crippen LogP contribution in [0.15, 0.2) is 77.3 Å². The van der Waals surface area contributed by atoms with Gasteiger partial charge in [-0.15, -0.1) is 11.5 Å². The molecule has 2 aliphatic carbocycles. The number of Topliss-reactive ketones (excluding diaryl/α,β-unsaturated/α-hetero) is 4. The van der Waals surface area contributed by atoms with Crippen LogP contribution in [0.5, 0.6) is 0 Å². The molecule has 0 unspecified atom stereocenters. The standard InChI is InChI=1S/C21H13NO4/c23-18(14-6-1-2-7-14)12-20(25)16-10-5-11-17(22-16)21(26)13-19(24)15-8-3-4-9-15/h1-6,8,10-11H,12-13H2. The van der Waals surface area contributed by atoms with Gasteiger partial charge in [0.2, 0.25) is 0 Å². The second-order valence-corrected chi connectivity index (χ2v) is 5.62. The highest BCUT2D eigenvalue weighted by Gasteiger charge is 2.19. The third-order valence-corrected chi connectivity index (χ3v) is 3.76. The average Bonchev–Trinajstić information content (AvgIpc) is 3.35. The number of rotatable bonds is 8. The molecular weight excluding hydrogens is 330 g/mol. The summed E-state index contributed by atoms with van der Waals surface area (Å²) in [7, 11) is 0. The van der Waals surface area contributed by atoms with E-state index < -0.39 is 11.6 Å². The van der Waals surface area contributed by atoms with Gasteiger partial charge in [-0.05, 0) is 36.4 Å². The number of ketones is 4. The SMILES string of the molecule is O=C(CC(=O)c1cccc(C(=O)CC(=O)C2=C=CC=C2)n1)C1=C=CC=C1. The Morgan fingerprint density at radius 1 is 0.731 bits per heavy atom. The van der Waals surface area contributed by atoms with Gasteiger partial charge >= 0.3 is 0 Å². The zero-order chi connectivity index (χ0) is 18.5. The van der Waals surface area contributed by atoms with Crippen LogP contribution >= 0.6 is 0 Å². The molecule has 5 heteroatoms. The summed E-state index contributed by atoms with van der Waals surface area (Å²) in [5.74, 6) is -1.70. The monoisotopic (exact) mass is 343 g/mol. The summed E-state index contributed by atoms with van der Waals surface area (Å²) in [4.78, 5) is 52.5. The Hall–Kier alpha value is -3.65. The van der Waals surface area contributed by atoms with E-state index in [0.717, 1.165) is 0 Å². The maximum absolute atomic E-state index is 12.3. The lowest BCUT2D eigenvalue weighted by molar-refractivity contribution is -0.115. The Balaban J connectivity index is 1.69. The smallest absolute Gasteiger partial charge is 0.188 e. The third-order valence-electron chi connectivity index (χ3n) is 3.76. The van der Waals surface area contributed by atoms with Gasteiger partial charge in [0.1, 0.15) is 11.4 Å². The van der Waals surface area contributed by atoms with E-state index in [2.05, 4.69) is 16.4 Å². The molecule has 1 aromatic rings. The van der Waals surface area contributed by atoms with Crippen molar-refractivity contribution in [3.63, 3.8) is 0 Å². The minimum absolute atomic E-state index is 0.0167. The van der Waals surface area contributed by atoms with Crippen molar-refractivity contribution in [3.05, 3.63) is 88.7 Å². The number of allylic oxidation sites excluding steroid dienone is 6. The molecule has 5 nitrogen and oxygen atoms in total. The maximum Gasteiger partial charge on any atom is 0.188 e. The van der Waals surface area contributed by atoms with Gasteiger partial charge < -0.3 is 0 Å². The van der Waals surface area contributed by atoms with Crippen molar-refractivity contribution < 1.29 is 19.2 Å². The quantitative estimate of drug-likeness (QED) is 0.412. The van der Waals surface area contributed by atoms with Crippen LogP contribution in [0.25, 0.3) is 0 Å². The van der Waals surface area contributed by atoms with E-state index in [-0.39, 0.29) is 35.8 Å². The normalized spacial score (nSPS) is 13.7. The van der Waals surface area contributed by atoms with Crippen molar-refractivity contribution in [2.45, 2.75) is 12.8 Å². The Labute approximate surface area is 149 Å². The first-order chi connectivity index (χ1) is 12.5. The lowest BCUT2D eigenvalue weighted by Crippen LogP contribution is -2.14. The van der Waals surface area contributed by atoms with Gasteiger partial charge in [-0.1, -0.05) is 18.2 Å². The molecule has 0 saturated heterocycles. The molecule has 0 fully saturated rings. The largest absolute Gasteiger partial charge is 0.293 e. The summed E-state index contributed by atoms with van der Waals surface area (Å²) in [6.07, 6.45) is 8.96. The topological polar surface area (TPSA) is 81.2 Å². The fraction of sp³-hybridized carbons (Fsp3) is 0.0952. The van der Waals surface area contributed by atoms with E-state index in [1.54, 1.807) is 36.5 Å². The highest BCUT2D eigenvalue weighted by molar-refractivity contribution is 6.15. The first kappa shape index (κ1) is 17.2. The molecule has 0 aliphatic heterocycles. The Morgan fingerprint density at radius 3 is 1.58 bits per heavy atom. The third kappa shape index (κ3) is 3.87. The molecular formula is C21H13NO4. The highest BCUT2D eigenvalue weighted by Crippen LogP contribution is 2.12. The minimum Gasteiger partial charge on any atom is -0.293 e. The molecule has 0 atom stereocenters. The van der Waals surface area contributed by atoms with Crippen LogP contribution in [0.4, 0.5) is 0 Å². The molecule has 1 heterocycles. The van der Waals surface area contributed by atoms with Crippen molar-refractivity contribution in [2.24, 2.45) is 0 Å². The second-order valence-electron chi connectivity index (χ2n) is 5.62. The van der Waals surface area contributed by atoms with Crippen LogP contribution in [0, 0.1) is 0 Å². The van der Waals surface area contributed by atoms with Gasteiger partial charge in [-0.3, -0.25) is 19.2 Å². The van der Waals surface area contributed by atoms with Crippen molar-refractivity contribution in [1.82, 2.24) is 4.98 Å². The first-order valence-electron chi connectivity index (χ1n) is 7.91. The number of nitrogens with zero attached hydrogens (tertiary/aromatic N) is 1. The van der Waals surface area contributed by atoms with Crippen molar-refractivity contribution in [2.75, 3.05) is 0 Å². The molecule has 0 bridgehead atoms. The number of hydrogen-bond donors (Lipinski definition) is 0. The van der Waals surface area contributed by atoms with Gasteiger partial charge in [-0.25, -0.2) is 4.98 Å². The Morgan fingerprint density at radius 2 is 1.19 bits per heavy atom. The van der Waals surface area contributed by atoms with Gasteiger partial charge in [0.15, 0.2) is 23.1 Å². The maximum atomic E-state index is 12.3. The van der Waals surface area contributed by atoms with E-state index in [4.69, 9.17) is 0 Å². The predicted octanol–water partition coefficient (Wildman–Crippen LogP) is 2.67. The average molecular weight is 343 g/mol. The Bertz CT molecular complexity index is 945. The summed E-state index contributed by atoms with van der Waals surface area (Å²) in [6.45, 7) is 0. The molecule has 0 amide bonds. The van der Waals surface area contributed by atoms with Crippen LogP contribution in [-0.2, 0) is 9.59 Å². The number of pyridine rings is 1. The fourth-order valence-electron chi connectivity index (χ4n) is 2.42. The van der Waals surface area contributed by atoms with Gasteiger partial charge in [0.25, 0.3) is 0 Å². The van der Waals surface area contributed by atoms with Crippen LogP contribution in [0.1, 0.15) is 33.8 Å². The molecule has 3 rings (SSSR count). The van der Waals surface area contributed by atoms with E-state index >= 15 is 0 Å². The van der Waals surface area contributed by atoms with E-state index in [0.29, 0.717) is 11.1 Å². The van der Waals surface area contributed by atoms with Crippen LogP contribution in [-0.4, -0.2) is 28.1 Å².